The van der Waals surface area contributed by atoms with Gasteiger partial charge in [0.05, 0.1) is 17.1 Å². The normalized spacial score (nSPS) is 13.0. The van der Waals surface area contributed by atoms with Crippen LogP contribution in [-0.2, 0) is 24.3 Å². The second-order valence-corrected chi connectivity index (χ2v) is 9.35. The number of nitrogens with two attached hydrogens (primary N) is 1. The standard InChI is InChI=1S/C21H16Cl2FN7O3.C2HF3O2/c22-13-7-15-20(33)26-8-11(31(15)17(13)23)5-10-1-2-14(24)12(6-10)21(34)29-3-4-30-16(9-29)27-28-19(30)18(25)32;3-2(4,5)1(6)7/h1-2,6-8H,3-5,9H2,(H2,25,32)(H,26,33);(H,6,7). The second-order valence-electron chi connectivity index (χ2n) is 8.59. The zero-order chi connectivity index (χ0) is 30.2. The quantitative estimate of drug-likeness (QED) is 0.296. The van der Waals surface area contributed by atoms with Crippen molar-refractivity contribution in [3.8, 4) is 0 Å². The van der Waals surface area contributed by atoms with E-state index in [9.17, 15) is 31.9 Å². The van der Waals surface area contributed by atoms with Gasteiger partial charge in [0.15, 0.2) is 5.82 Å². The Kier molecular flexibility index (Phi) is 8.08. The molecule has 0 unspecified atom stereocenters. The molecule has 4 aromatic rings. The number of aliphatic carboxylic acids is 1. The van der Waals surface area contributed by atoms with Crippen LogP contribution in [0.2, 0.25) is 10.2 Å². The number of nitrogens with zero attached hydrogens (tertiary/aromatic N) is 5. The van der Waals surface area contributed by atoms with Crippen molar-refractivity contribution in [2.24, 2.45) is 5.73 Å². The number of fused-ring (bicyclic) bond motifs is 2. The number of benzene rings is 1. The van der Waals surface area contributed by atoms with Crippen molar-refractivity contribution in [2.45, 2.75) is 25.7 Å². The predicted octanol–water partition coefficient (Wildman–Crippen LogP) is 2.64. The lowest BCUT2D eigenvalue weighted by Crippen LogP contribution is -2.39. The van der Waals surface area contributed by atoms with Gasteiger partial charge in [0, 0.05) is 31.4 Å². The number of alkyl halides is 3. The molecule has 1 aromatic carbocycles. The van der Waals surface area contributed by atoms with E-state index in [-0.39, 0.29) is 58.7 Å². The fraction of sp³-hybridized carbons (Fsp3) is 0.217. The molecular formula is C23H17Cl2F4N7O5. The lowest BCUT2D eigenvalue weighted by atomic mass is 10.0. The average Bonchev–Trinajstić information content (AvgIpc) is 3.47. The van der Waals surface area contributed by atoms with Crippen LogP contribution < -0.4 is 11.3 Å². The summed E-state index contributed by atoms with van der Waals surface area (Å²) in [4.78, 5) is 49.7. The molecule has 5 rings (SSSR count). The molecule has 0 bridgehead atoms. The van der Waals surface area contributed by atoms with Crippen molar-refractivity contribution >= 4 is 46.5 Å². The molecule has 0 spiro atoms. The second kappa shape index (κ2) is 11.2. The van der Waals surface area contributed by atoms with Crippen molar-refractivity contribution in [3.05, 3.63) is 85.3 Å². The minimum Gasteiger partial charge on any atom is -0.475 e. The van der Waals surface area contributed by atoms with Crippen LogP contribution in [0.3, 0.4) is 0 Å². The van der Waals surface area contributed by atoms with E-state index in [2.05, 4.69) is 15.2 Å². The number of rotatable bonds is 4. The number of hydrogen-bond donors (Lipinski definition) is 3. The fourth-order valence-corrected chi connectivity index (χ4v) is 4.50. The van der Waals surface area contributed by atoms with Gasteiger partial charge in [-0.2, -0.15) is 13.2 Å². The number of carboxylic acid groups (broad SMARTS) is 1. The Morgan fingerprint density at radius 2 is 1.80 bits per heavy atom. The van der Waals surface area contributed by atoms with E-state index in [1.54, 1.807) is 10.6 Å². The summed E-state index contributed by atoms with van der Waals surface area (Å²) < 4.78 is 49.5. The van der Waals surface area contributed by atoms with E-state index < -0.39 is 29.8 Å². The first kappa shape index (κ1) is 29.5. The Bertz CT molecular complexity index is 1750. The number of primary amides is 1. The minimum atomic E-state index is -5.08. The maximum atomic E-state index is 14.7. The van der Waals surface area contributed by atoms with Crippen LogP contribution in [0.1, 0.15) is 38.1 Å². The Morgan fingerprint density at radius 3 is 2.44 bits per heavy atom. The molecule has 1 aliphatic rings. The number of aromatic nitrogens is 5. The maximum Gasteiger partial charge on any atom is 0.490 e. The summed E-state index contributed by atoms with van der Waals surface area (Å²) in [7, 11) is 0. The molecular weight excluding hydrogens is 601 g/mol. The van der Waals surface area contributed by atoms with Crippen LogP contribution in [0.25, 0.3) is 5.52 Å². The molecule has 0 fully saturated rings. The molecule has 0 saturated carbocycles. The van der Waals surface area contributed by atoms with Gasteiger partial charge >= 0.3 is 12.1 Å². The number of H-pyrrole nitrogens is 1. The molecule has 0 saturated heterocycles. The van der Waals surface area contributed by atoms with Crippen LogP contribution in [0, 0.1) is 5.82 Å². The zero-order valence-corrected chi connectivity index (χ0v) is 21.9. The van der Waals surface area contributed by atoms with Crippen LogP contribution in [0.15, 0.2) is 35.3 Å². The smallest absolute Gasteiger partial charge is 0.475 e. The van der Waals surface area contributed by atoms with Gasteiger partial charge in [0.1, 0.15) is 16.5 Å². The van der Waals surface area contributed by atoms with Gasteiger partial charge < -0.3 is 25.3 Å². The van der Waals surface area contributed by atoms with Crippen molar-refractivity contribution in [1.29, 1.82) is 0 Å². The van der Waals surface area contributed by atoms with Crippen LogP contribution in [0.5, 0.6) is 0 Å². The highest BCUT2D eigenvalue weighted by Gasteiger charge is 2.38. The number of nitrogens with one attached hydrogen (secondary N) is 1. The first-order valence-electron chi connectivity index (χ1n) is 11.4. The van der Waals surface area contributed by atoms with Gasteiger partial charge in [-0.25, -0.2) is 9.18 Å². The lowest BCUT2D eigenvalue weighted by molar-refractivity contribution is -0.192. The van der Waals surface area contributed by atoms with Crippen molar-refractivity contribution in [1.82, 2.24) is 29.0 Å². The summed E-state index contributed by atoms with van der Waals surface area (Å²) in [5.41, 5.74) is 6.32. The summed E-state index contributed by atoms with van der Waals surface area (Å²) in [5, 5.41) is 15.2. The minimum absolute atomic E-state index is 0.0197. The molecule has 12 nitrogen and oxygen atoms in total. The van der Waals surface area contributed by atoms with E-state index >= 15 is 0 Å². The topological polar surface area (TPSA) is 169 Å². The number of carbonyl (C=O) groups is 3. The summed E-state index contributed by atoms with van der Waals surface area (Å²) >= 11 is 12.4. The molecule has 0 radical (unpaired) electrons. The van der Waals surface area contributed by atoms with Gasteiger partial charge in [-0.1, -0.05) is 29.3 Å². The Labute approximate surface area is 235 Å². The van der Waals surface area contributed by atoms with Gasteiger partial charge in [0.2, 0.25) is 5.82 Å². The monoisotopic (exact) mass is 617 g/mol. The van der Waals surface area contributed by atoms with Crippen molar-refractivity contribution < 1.29 is 37.1 Å². The number of hydrogen-bond acceptors (Lipinski definition) is 6. The van der Waals surface area contributed by atoms with E-state index in [1.165, 1.54) is 33.7 Å². The third-order valence-electron chi connectivity index (χ3n) is 5.94. The van der Waals surface area contributed by atoms with Crippen LogP contribution in [-0.4, -0.2) is 64.7 Å². The number of amides is 2. The number of carboxylic acids is 1. The first-order valence-corrected chi connectivity index (χ1v) is 12.1. The first-order chi connectivity index (χ1) is 19.2. The average molecular weight is 618 g/mol. The molecule has 2 amide bonds. The van der Waals surface area contributed by atoms with Crippen LogP contribution >= 0.6 is 23.2 Å². The van der Waals surface area contributed by atoms with Gasteiger partial charge in [-0.3, -0.25) is 18.8 Å². The molecule has 0 aliphatic carbocycles. The highest BCUT2D eigenvalue weighted by molar-refractivity contribution is 6.42. The molecule has 18 heteroatoms. The molecule has 4 N–H and O–H groups in total. The molecule has 0 atom stereocenters. The SMILES string of the molecule is NC(=O)c1nnc2n1CCN(C(=O)c1cc(Cc3c[nH]c(=O)c4cc(Cl)c(Cl)n34)ccc1F)C2.O=C(O)C(F)(F)F. The maximum absolute atomic E-state index is 14.7. The van der Waals surface area contributed by atoms with E-state index in [4.69, 9.17) is 38.8 Å². The molecule has 41 heavy (non-hydrogen) atoms. The molecule has 3 aromatic heterocycles. The largest absolute Gasteiger partial charge is 0.490 e. The van der Waals surface area contributed by atoms with E-state index in [1.807, 2.05) is 0 Å². The summed E-state index contributed by atoms with van der Waals surface area (Å²) in [5.74, 6) is -4.26. The summed E-state index contributed by atoms with van der Waals surface area (Å²) in [6.45, 7) is 0.544. The van der Waals surface area contributed by atoms with Crippen LogP contribution in [0.4, 0.5) is 17.6 Å². The fourth-order valence-electron chi connectivity index (χ4n) is 4.06. The molecule has 4 heterocycles. The third-order valence-corrected chi connectivity index (χ3v) is 6.69. The zero-order valence-electron chi connectivity index (χ0n) is 20.4. The summed E-state index contributed by atoms with van der Waals surface area (Å²) in [6, 6.07) is 5.69. The Balaban J connectivity index is 0.000000493. The molecule has 1 aliphatic heterocycles. The molecule has 216 valence electrons. The highest BCUT2D eigenvalue weighted by Crippen LogP contribution is 2.27. The Hall–Kier alpha value is -4.44. The lowest BCUT2D eigenvalue weighted by Gasteiger charge is -2.28. The number of carbonyl (C=O) groups excluding carboxylic acids is 2. The third kappa shape index (κ3) is 6.02. The number of halogens is 6. The highest BCUT2D eigenvalue weighted by atomic mass is 35.5. The van der Waals surface area contributed by atoms with Crippen molar-refractivity contribution in [2.75, 3.05) is 6.54 Å². The predicted molar refractivity (Wildman–Crippen MR) is 134 cm³/mol. The van der Waals surface area contributed by atoms with Gasteiger partial charge in [-0.15, -0.1) is 10.2 Å². The van der Waals surface area contributed by atoms with Crippen molar-refractivity contribution in [3.63, 3.8) is 0 Å². The van der Waals surface area contributed by atoms with E-state index in [0.29, 0.717) is 17.1 Å². The van der Waals surface area contributed by atoms with Gasteiger partial charge in [0.25, 0.3) is 17.4 Å². The van der Waals surface area contributed by atoms with Gasteiger partial charge in [-0.05, 0) is 23.8 Å². The summed E-state index contributed by atoms with van der Waals surface area (Å²) in [6.07, 6.45) is -3.34. The van der Waals surface area contributed by atoms with E-state index in [0.717, 1.165) is 0 Å². The number of aromatic amines is 1. The Morgan fingerprint density at radius 1 is 1.12 bits per heavy atom.